The van der Waals surface area contributed by atoms with Crippen molar-refractivity contribution < 1.29 is 9.26 Å². The van der Waals surface area contributed by atoms with E-state index in [9.17, 15) is 0 Å². The highest BCUT2D eigenvalue weighted by molar-refractivity contribution is 6.31. The molecule has 0 bridgehead atoms. The zero-order chi connectivity index (χ0) is 14.8. The minimum Gasteiger partial charge on any atom is -0.497 e. The fraction of sp³-hybridized carbons (Fsp3) is 0.0667. The van der Waals surface area contributed by atoms with E-state index in [1.807, 2.05) is 24.3 Å². The number of methoxy groups -OCH3 is 1. The summed E-state index contributed by atoms with van der Waals surface area (Å²) in [4.78, 5) is 4.36. The molecule has 0 unspecified atom stereocenters. The highest BCUT2D eigenvalue weighted by Gasteiger charge is 2.12. The Morgan fingerprint density at radius 2 is 2.00 bits per heavy atom. The van der Waals surface area contributed by atoms with Crippen LogP contribution in [0.1, 0.15) is 0 Å². The van der Waals surface area contributed by atoms with Crippen LogP contribution in [0.15, 0.2) is 47.0 Å². The van der Waals surface area contributed by atoms with E-state index < -0.39 is 0 Å². The van der Waals surface area contributed by atoms with Crippen molar-refractivity contribution in [2.75, 3.05) is 12.8 Å². The van der Waals surface area contributed by atoms with Crippen LogP contribution in [-0.4, -0.2) is 17.3 Å². The Kier molecular flexibility index (Phi) is 3.50. The zero-order valence-corrected chi connectivity index (χ0v) is 12.0. The molecular formula is C15H12ClN3O2. The summed E-state index contributed by atoms with van der Waals surface area (Å²) in [6.07, 6.45) is 0. The molecule has 0 saturated carbocycles. The second kappa shape index (κ2) is 5.46. The summed E-state index contributed by atoms with van der Waals surface area (Å²) >= 11 is 5.98. The Balaban J connectivity index is 1.99. The molecule has 1 aromatic heterocycles. The van der Waals surface area contributed by atoms with Gasteiger partial charge in [0.2, 0.25) is 5.82 Å². The lowest BCUT2D eigenvalue weighted by Crippen LogP contribution is -1.87. The van der Waals surface area contributed by atoms with Gasteiger partial charge in [-0.25, -0.2) is 0 Å². The summed E-state index contributed by atoms with van der Waals surface area (Å²) in [5, 5.41) is 4.49. The molecule has 106 valence electrons. The average Bonchev–Trinajstić information content (AvgIpc) is 2.96. The van der Waals surface area contributed by atoms with Crippen molar-refractivity contribution in [1.82, 2.24) is 10.1 Å². The van der Waals surface area contributed by atoms with Crippen molar-refractivity contribution in [1.29, 1.82) is 0 Å². The van der Waals surface area contributed by atoms with Gasteiger partial charge in [0, 0.05) is 21.8 Å². The van der Waals surface area contributed by atoms with Gasteiger partial charge < -0.3 is 15.0 Å². The Hall–Kier alpha value is -2.53. The Labute approximate surface area is 126 Å². The summed E-state index contributed by atoms with van der Waals surface area (Å²) in [6.45, 7) is 0. The zero-order valence-electron chi connectivity index (χ0n) is 11.2. The monoisotopic (exact) mass is 301 g/mol. The predicted octanol–water partition coefficient (Wildman–Crippen LogP) is 3.65. The number of halogens is 1. The minimum absolute atomic E-state index is 0.363. The van der Waals surface area contributed by atoms with Crippen molar-refractivity contribution >= 4 is 17.3 Å². The van der Waals surface area contributed by atoms with Crippen LogP contribution in [0.5, 0.6) is 5.75 Å². The largest absolute Gasteiger partial charge is 0.497 e. The molecule has 6 heteroatoms. The van der Waals surface area contributed by atoms with E-state index in [4.69, 9.17) is 26.6 Å². The first kappa shape index (κ1) is 13.5. The van der Waals surface area contributed by atoms with Crippen molar-refractivity contribution in [2.24, 2.45) is 0 Å². The molecule has 0 amide bonds. The number of anilines is 1. The lowest BCUT2D eigenvalue weighted by atomic mass is 10.2. The molecule has 0 fully saturated rings. The molecule has 0 aliphatic rings. The lowest BCUT2D eigenvalue weighted by molar-refractivity contribution is 0.414. The molecule has 5 nitrogen and oxygen atoms in total. The summed E-state index contributed by atoms with van der Waals surface area (Å²) in [7, 11) is 1.61. The molecule has 1 heterocycles. The van der Waals surface area contributed by atoms with Crippen molar-refractivity contribution in [3.05, 3.63) is 47.5 Å². The summed E-state index contributed by atoms with van der Waals surface area (Å²) in [6, 6.07) is 12.5. The fourth-order valence-corrected chi connectivity index (χ4v) is 2.20. The molecule has 0 atom stereocenters. The first-order valence-electron chi connectivity index (χ1n) is 6.20. The van der Waals surface area contributed by atoms with Gasteiger partial charge in [-0.05, 0) is 30.3 Å². The molecule has 0 aliphatic carbocycles. The van der Waals surface area contributed by atoms with E-state index in [1.165, 1.54) is 0 Å². The maximum atomic E-state index is 5.98. The van der Waals surface area contributed by atoms with E-state index in [2.05, 4.69) is 10.1 Å². The fourth-order valence-electron chi connectivity index (χ4n) is 1.96. The first-order chi connectivity index (χ1) is 10.2. The van der Waals surface area contributed by atoms with Crippen LogP contribution in [0.3, 0.4) is 0 Å². The van der Waals surface area contributed by atoms with E-state index in [1.54, 1.807) is 25.3 Å². The van der Waals surface area contributed by atoms with Gasteiger partial charge in [0.05, 0.1) is 7.11 Å². The van der Waals surface area contributed by atoms with Gasteiger partial charge in [-0.15, -0.1) is 0 Å². The van der Waals surface area contributed by atoms with Crippen molar-refractivity contribution in [3.8, 4) is 28.6 Å². The number of hydrogen-bond donors (Lipinski definition) is 1. The number of nitrogens with two attached hydrogens (primary N) is 1. The summed E-state index contributed by atoms with van der Waals surface area (Å²) in [5.41, 5.74) is 7.79. The molecule has 3 aromatic rings. The van der Waals surface area contributed by atoms with Crippen LogP contribution >= 0.6 is 11.6 Å². The number of benzene rings is 2. The second-order valence-electron chi connectivity index (χ2n) is 4.43. The number of hydrogen-bond acceptors (Lipinski definition) is 5. The van der Waals surface area contributed by atoms with E-state index in [0.29, 0.717) is 28.0 Å². The Morgan fingerprint density at radius 3 is 2.76 bits per heavy atom. The van der Waals surface area contributed by atoms with Crippen LogP contribution in [0, 0.1) is 0 Å². The molecule has 3 rings (SSSR count). The molecule has 0 saturated heterocycles. The summed E-state index contributed by atoms with van der Waals surface area (Å²) < 4.78 is 10.5. The maximum Gasteiger partial charge on any atom is 0.258 e. The average molecular weight is 302 g/mol. The van der Waals surface area contributed by atoms with E-state index >= 15 is 0 Å². The van der Waals surface area contributed by atoms with E-state index in [0.717, 1.165) is 11.3 Å². The molecule has 2 aromatic carbocycles. The normalized spacial score (nSPS) is 10.6. The van der Waals surface area contributed by atoms with Gasteiger partial charge in [-0.2, -0.15) is 4.98 Å². The predicted molar refractivity (Wildman–Crippen MR) is 81.1 cm³/mol. The highest BCUT2D eigenvalue weighted by Crippen LogP contribution is 2.27. The van der Waals surface area contributed by atoms with Crippen LogP contribution in [-0.2, 0) is 0 Å². The lowest BCUT2D eigenvalue weighted by Gasteiger charge is -2.00. The third-order valence-electron chi connectivity index (χ3n) is 2.92. The van der Waals surface area contributed by atoms with Crippen LogP contribution in [0.4, 0.5) is 5.69 Å². The Morgan fingerprint density at radius 1 is 1.14 bits per heavy atom. The van der Waals surface area contributed by atoms with Crippen LogP contribution in [0.25, 0.3) is 22.8 Å². The van der Waals surface area contributed by atoms with Gasteiger partial charge >= 0.3 is 0 Å². The maximum absolute atomic E-state index is 5.98. The topological polar surface area (TPSA) is 74.2 Å². The number of nitrogens with zero attached hydrogens (tertiary/aromatic N) is 2. The Bertz CT molecular complexity index is 766. The smallest absolute Gasteiger partial charge is 0.258 e. The highest BCUT2D eigenvalue weighted by atomic mass is 35.5. The van der Waals surface area contributed by atoms with Gasteiger partial charge in [0.1, 0.15) is 5.75 Å². The quantitative estimate of drug-likeness (QED) is 0.747. The van der Waals surface area contributed by atoms with Gasteiger partial charge in [-0.3, -0.25) is 0 Å². The van der Waals surface area contributed by atoms with Gasteiger partial charge in [0.25, 0.3) is 5.89 Å². The number of rotatable bonds is 3. The molecule has 0 aliphatic heterocycles. The van der Waals surface area contributed by atoms with Crippen molar-refractivity contribution in [3.63, 3.8) is 0 Å². The van der Waals surface area contributed by atoms with Crippen LogP contribution < -0.4 is 10.5 Å². The van der Waals surface area contributed by atoms with E-state index in [-0.39, 0.29) is 0 Å². The molecule has 0 radical (unpaired) electrons. The third kappa shape index (κ3) is 2.83. The van der Waals surface area contributed by atoms with Crippen molar-refractivity contribution in [2.45, 2.75) is 0 Å². The third-order valence-corrected chi connectivity index (χ3v) is 3.14. The van der Waals surface area contributed by atoms with Gasteiger partial charge in [0.15, 0.2) is 0 Å². The molecule has 2 N–H and O–H groups in total. The minimum atomic E-state index is 0.363. The SMILES string of the molecule is COc1cccc(-c2noc(-c3cc(N)cc(Cl)c3)n2)c1. The molecule has 0 spiro atoms. The van der Waals surface area contributed by atoms with Gasteiger partial charge in [-0.1, -0.05) is 28.9 Å². The number of aromatic nitrogens is 2. The summed E-state index contributed by atoms with van der Waals surface area (Å²) in [5.74, 6) is 1.57. The standard InChI is InChI=1S/C15H12ClN3O2/c1-20-13-4-2-3-9(7-13)14-18-15(21-19-14)10-5-11(16)8-12(17)6-10/h2-8H,17H2,1H3. The molecular weight excluding hydrogens is 290 g/mol. The number of ether oxygens (including phenoxy) is 1. The molecule has 21 heavy (non-hydrogen) atoms. The number of nitrogen functional groups attached to an aromatic ring is 1. The van der Waals surface area contributed by atoms with Crippen LogP contribution in [0.2, 0.25) is 5.02 Å². The first-order valence-corrected chi connectivity index (χ1v) is 6.58. The second-order valence-corrected chi connectivity index (χ2v) is 4.86.